The van der Waals surface area contributed by atoms with Crippen molar-refractivity contribution in [3.63, 3.8) is 0 Å². The molecule has 1 aromatic rings. The lowest BCUT2D eigenvalue weighted by molar-refractivity contribution is -0.138. The quantitative estimate of drug-likeness (QED) is 0.663. The monoisotopic (exact) mass is 290 g/mol. The molecular weight excluding hydrogens is 280 g/mol. The Kier molecular flexibility index (Phi) is 4.06. The van der Waals surface area contributed by atoms with Gasteiger partial charge in [-0.1, -0.05) is 29.7 Å². The van der Waals surface area contributed by atoms with Crippen LogP contribution in [0.4, 0.5) is 4.79 Å². The van der Waals surface area contributed by atoms with Crippen LogP contribution in [0.25, 0.3) is 0 Å². The van der Waals surface area contributed by atoms with Gasteiger partial charge >= 0.3 is 6.03 Å². The van der Waals surface area contributed by atoms with Gasteiger partial charge in [-0.05, 0) is 24.6 Å². The zero-order chi connectivity index (χ0) is 14.7. The number of hydrogen-bond acceptors (Lipinski definition) is 3. The Labute approximate surface area is 120 Å². The Morgan fingerprint density at radius 2 is 1.90 bits per heavy atom. The van der Waals surface area contributed by atoms with E-state index in [-0.39, 0.29) is 6.54 Å². The minimum absolute atomic E-state index is 0.0431. The maximum absolute atomic E-state index is 12.3. The molecule has 1 aromatic carbocycles. The van der Waals surface area contributed by atoms with Crippen LogP contribution in [0, 0.1) is 11.8 Å². The average Bonchev–Trinajstić information content (AvgIpc) is 2.40. The van der Waals surface area contributed by atoms with E-state index in [9.17, 15) is 14.4 Å². The topological polar surface area (TPSA) is 66.5 Å². The lowest BCUT2D eigenvalue weighted by Gasteiger charge is -2.29. The summed E-state index contributed by atoms with van der Waals surface area (Å²) in [7, 11) is 0. The van der Waals surface area contributed by atoms with Gasteiger partial charge in [0, 0.05) is 5.02 Å². The van der Waals surface area contributed by atoms with E-state index < -0.39 is 23.8 Å². The highest BCUT2D eigenvalue weighted by atomic mass is 35.5. The number of halogens is 1. The Morgan fingerprint density at radius 3 is 2.50 bits per heavy atom. The summed E-state index contributed by atoms with van der Waals surface area (Å²) in [5.74, 6) is 2.97. The molecule has 0 bridgehead atoms. The maximum atomic E-state index is 12.3. The van der Waals surface area contributed by atoms with Crippen LogP contribution in [0.5, 0.6) is 0 Å². The van der Waals surface area contributed by atoms with Crippen molar-refractivity contribution in [3.8, 4) is 11.8 Å². The predicted octanol–water partition coefficient (Wildman–Crippen LogP) is 1.53. The largest absolute Gasteiger partial charge is 0.331 e. The number of benzene rings is 1. The minimum Gasteiger partial charge on any atom is -0.277 e. The number of hydrogen-bond donors (Lipinski definition) is 1. The van der Waals surface area contributed by atoms with Crippen molar-refractivity contribution in [2.45, 2.75) is 12.8 Å². The Bertz CT molecular complexity index is 628. The summed E-state index contributed by atoms with van der Waals surface area (Å²) in [6.07, 6.45) is 0. The number of nitrogens with one attached hydrogen (secondary N) is 1. The van der Waals surface area contributed by atoms with Gasteiger partial charge < -0.3 is 0 Å². The zero-order valence-corrected chi connectivity index (χ0v) is 11.4. The van der Waals surface area contributed by atoms with Crippen LogP contribution in [0.3, 0.4) is 0 Å². The second-order valence-corrected chi connectivity index (χ2v) is 4.57. The molecule has 2 rings (SSSR count). The molecule has 1 aliphatic rings. The molecule has 0 aromatic heterocycles. The molecule has 0 aliphatic carbocycles. The molecular formula is C14H11ClN2O3. The number of imide groups is 2. The highest BCUT2D eigenvalue weighted by Crippen LogP contribution is 2.23. The van der Waals surface area contributed by atoms with Gasteiger partial charge in [-0.3, -0.25) is 19.8 Å². The van der Waals surface area contributed by atoms with Crippen molar-refractivity contribution in [1.29, 1.82) is 0 Å². The van der Waals surface area contributed by atoms with E-state index in [1.54, 1.807) is 31.2 Å². The lowest BCUT2D eigenvalue weighted by atomic mass is 9.95. The number of amides is 4. The molecule has 1 N–H and O–H groups in total. The fourth-order valence-electron chi connectivity index (χ4n) is 1.87. The minimum atomic E-state index is -1.05. The summed E-state index contributed by atoms with van der Waals surface area (Å²) in [4.78, 5) is 36.7. The Morgan fingerprint density at radius 1 is 1.25 bits per heavy atom. The smallest absolute Gasteiger partial charge is 0.277 e. The van der Waals surface area contributed by atoms with Gasteiger partial charge in [0.1, 0.15) is 5.92 Å². The summed E-state index contributed by atoms with van der Waals surface area (Å²) in [6, 6.07) is 5.61. The van der Waals surface area contributed by atoms with Gasteiger partial charge in [0.25, 0.3) is 0 Å². The molecule has 1 heterocycles. The van der Waals surface area contributed by atoms with Crippen molar-refractivity contribution in [2.75, 3.05) is 6.54 Å². The summed E-state index contributed by atoms with van der Waals surface area (Å²) in [6.45, 7) is 1.56. The number of carbonyl (C=O) groups is 3. The first-order chi connectivity index (χ1) is 9.54. The third-order valence-electron chi connectivity index (χ3n) is 2.87. The summed E-state index contributed by atoms with van der Waals surface area (Å²) in [5, 5.41) is 2.66. The summed E-state index contributed by atoms with van der Waals surface area (Å²) in [5.41, 5.74) is 0.485. The van der Waals surface area contributed by atoms with Crippen LogP contribution >= 0.6 is 11.6 Å². The molecule has 1 unspecified atom stereocenters. The molecule has 20 heavy (non-hydrogen) atoms. The van der Waals surface area contributed by atoms with Crippen LogP contribution in [0.15, 0.2) is 24.3 Å². The van der Waals surface area contributed by atoms with Crippen LogP contribution in [0.2, 0.25) is 5.02 Å². The molecule has 1 fully saturated rings. The highest BCUT2D eigenvalue weighted by molar-refractivity contribution is 6.30. The van der Waals surface area contributed by atoms with Gasteiger partial charge in [-0.25, -0.2) is 4.79 Å². The number of carbonyl (C=O) groups excluding carboxylic acids is 3. The van der Waals surface area contributed by atoms with Crippen molar-refractivity contribution in [3.05, 3.63) is 34.9 Å². The van der Waals surface area contributed by atoms with Crippen molar-refractivity contribution >= 4 is 29.4 Å². The third kappa shape index (κ3) is 2.65. The molecule has 102 valence electrons. The van der Waals surface area contributed by atoms with Crippen LogP contribution in [-0.2, 0) is 9.59 Å². The predicted molar refractivity (Wildman–Crippen MR) is 72.9 cm³/mol. The van der Waals surface area contributed by atoms with Gasteiger partial charge in [0.15, 0.2) is 0 Å². The summed E-state index contributed by atoms with van der Waals surface area (Å²) >= 11 is 5.78. The second kappa shape index (κ2) is 5.76. The first-order valence-corrected chi connectivity index (χ1v) is 6.23. The average molecular weight is 291 g/mol. The third-order valence-corrected chi connectivity index (χ3v) is 3.12. The molecule has 1 atom stereocenters. The normalized spacial score (nSPS) is 18.4. The molecule has 1 aliphatic heterocycles. The number of urea groups is 1. The molecule has 5 nitrogen and oxygen atoms in total. The van der Waals surface area contributed by atoms with Gasteiger partial charge in [-0.2, -0.15) is 0 Å². The number of barbiturate groups is 1. The Balaban J connectivity index is 2.33. The van der Waals surface area contributed by atoms with E-state index >= 15 is 0 Å². The maximum Gasteiger partial charge on any atom is 0.331 e. The lowest BCUT2D eigenvalue weighted by Crippen LogP contribution is -2.56. The highest BCUT2D eigenvalue weighted by Gasteiger charge is 2.40. The fraction of sp³-hybridized carbons (Fsp3) is 0.214. The fourth-order valence-corrected chi connectivity index (χ4v) is 2.00. The van der Waals surface area contributed by atoms with Gasteiger partial charge in [0.2, 0.25) is 11.8 Å². The van der Waals surface area contributed by atoms with Crippen molar-refractivity contribution < 1.29 is 14.4 Å². The molecule has 4 amide bonds. The molecule has 0 radical (unpaired) electrons. The van der Waals surface area contributed by atoms with Crippen LogP contribution in [0.1, 0.15) is 18.4 Å². The van der Waals surface area contributed by atoms with Gasteiger partial charge in [-0.15, -0.1) is 5.92 Å². The van der Waals surface area contributed by atoms with Crippen LogP contribution < -0.4 is 5.32 Å². The molecule has 6 heteroatoms. The molecule has 0 saturated carbocycles. The second-order valence-electron chi connectivity index (χ2n) is 4.13. The first kappa shape index (κ1) is 14.1. The standard InChI is InChI=1S/C14H11ClN2O3/c1-2-3-8-17-13(19)11(12(18)16-14(17)20)9-4-6-10(15)7-5-9/h4-7,11H,8H2,1H3,(H,16,18,20). The van der Waals surface area contributed by atoms with E-state index in [1.165, 1.54) is 0 Å². The van der Waals surface area contributed by atoms with Crippen LogP contribution in [-0.4, -0.2) is 29.3 Å². The molecule has 0 spiro atoms. The van der Waals surface area contributed by atoms with E-state index in [1.807, 2.05) is 0 Å². The zero-order valence-electron chi connectivity index (χ0n) is 10.6. The van der Waals surface area contributed by atoms with E-state index in [4.69, 9.17) is 11.6 Å². The summed E-state index contributed by atoms with van der Waals surface area (Å²) < 4.78 is 0. The first-order valence-electron chi connectivity index (χ1n) is 5.86. The van der Waals surface area contributed by atoms with Crippen molar-refractivity contribution in [1.82, 2.24) is 10.2 Å². The molecule has 1 saturated heterocycles. The van der Waals surface area contributed by atoms with E-state index in [0.29, 0.717) is 10.6 Å². The van der Waals surface area contributed by atoms with Crippen molar-refractivity contribution in [2.24, 2.45) is 0 Å². The Hall–Kier alpha value is -2.32. The van der Waals surface area contributed by atoms with E-state index in [2.05, 4.69) is 17.2 Å². The van der Waals surface area contributed by atoms with E-state index in [0.717, 1.165) is 4.90 Å². The SMILES string of the molecule is CC#CCN1C(=O)NC(=O)C(c2ccc(Cl)cc2)C1=O. The van der Waals surface area contributed by atoms with Gasteiger partial charge in [0.05, 0.1) is 6.54 Å². The number of rotatable bonds is 2. The number of nitrogens with zero attached hydrogens (tertiary/aromatic N) is 1.